The maximum absolute atomic E-state index is 12.4. The Morgan fingerprint density at radius 1 is 1.09 bits per heavy atom. The predicted octanol–water partition coefficient (Wildman–Crippen LogP) is 4.79. The molecule has 4 rings (SSSR count). The van der Waals surface area contributed by atoms with E-state index in [0.717, 1.165) is 0 Å². The van der Waals surface area contributed by atoms with Crippen LogP contribution in [0, 0.1) is 5.92 Å². The van der Waals surface area contributed by atoms with Crippen LogP contribution in [-0.2, 0) is 4.79 Å². The quantitative estimate of drug-likeness (QED) is 0.425. The van der Waals surface area contributed by atoms with Crippen molar-refractivity contribution in [1.29, 1.82) is 0 Å². The lowest BCUT2D eigenvalue weighted by Crippen LogP contribution is -2.28. The summed E-state index contributed by atoms with van der Waals surface area (Å²) in [5.74, 6) is -1.53. The number of rotatable bonds is 7. The smallest absolute Gasteiger partial charge is 0.320 e. The maximum atomic E-state index is 12.4. The van der Waals surface area contributed by atoms with Gasteiger partial charge in [-0.15, -0.1) is 5.10 Å². The molecule has 0 atom stereocenters. The highest BCUT2D eigenvalue weighted by atomic mass is 35.5. The molecule has 1 fully saturated rings. The van der Waals surface area contributed by atoms with Gasteiger partial charge in [0.1, 0.15) is 6.10 Å². The highest BCUT2D eigenvalue weighted by Gasteiger charge is 2.27. The van der Waals surface area contributed by atoms with Crippen molar-refractivity contribution in [3.8, 4) is 5.88 Å². The molecule has 172 valence electrons. The van der Waals surface area contributed by atoms with E-state index in [1.54, 1.807) is 30.3 Å². The molecule has 2 aromatic heterocycles. The van der Waals surface area contributed by atoms with Crippen molar-refractivity contribution in [2.45, 2.75) is 31.8 Å². The first kappa shape index (κ1) is 22.8. The summed E-state index contributed by atoms with van der Waals surface area (Å²) in [5.41, 5.74) is 0.906. The minimum Gasteiger partial charge on any atom is -0.481 e. The molecule has 0 saturated heterocycles. The summed E-state index contributed by atoms with van der Waals surface area (Å²) in [6.45, 7) is 0. The van der Waals surface area contributed by atoms with Gasteiger partial charge in [-0.25, -0.2) is 4.98 Å². The molecular formula is C21H19Cl2N5O5. The molecule has 1 aliphatic rings. The first-order valence-electron chi connectivity index (χ1n) is 10.1. The number of amides is 1. The molecule has 0 unspecified atom stereocenters. The Labute approximate surface area is 198 Å². The molecule has 0 bridgehead atoms. The summed E-state index contributed by atoms with van der Waals surface area (Å²) in [4.78, 5) is 27.6. The zero-order valence-corrected chi connectivity index (χ0v) is 18.6. The fourth-order valence-electron chi connectivity index (χ4n) is 3.38. The maximum Gasteiger partial charge on any atom is 0.320 e. The molecular weight excluding hydrogens is 473 g/mol. The monoisotopic (exact) mass is 491 g/mol. The summed E-state index contributed by atoms with van der Waals surface area (Å²) in [5, 5.41) is 22.8. The van der Waals surface area contributed by atoms with Crippen LogP contribution in [0.4, 0.5) is 17.4 Å². The van der Waals surface area contributed by atoms with E-state index in [-0.39, 0.29) is 23.9 Å². The number of hydrogen-bond donors (Lipinski definition) is 3. The number of ether oxygens (including phenoxy) is 1. The molecule has 12 heteroatoms. The Balaban J connectivity index is 1.30. The van der Waals surface area contributed by atoms with Crippen LogP contribution in [0.1, 0.15) is 36.4 Å². The zero-order chi connectivity index (χ0) is 23.4. The van der Waals surface area contributed by atoms with E-state index in [1.165, 1.54) is 6.20 Å². The fourth-order valence-corrected chi connectivity index (χ4v) is 3.83. The molecule has 1 amide bonds. The van der Waals surface area contributed by atoms with Crippen molar-refractivity contribution in [3.63, 3.8) is 0 Å². The number of carboxylic acids is 1. The third kappa shape index (κ3) is 5.91. The van der Waals surface area contributed by atoms with Gasteiger partial charge >= 0.3 is 23.8 Å². The second-order valence-electron chi connectivity index (χ2n) is 7.43. The molecule has 10 nitrogen and oxygen atoms in total. The van der Waals surface area contributed by atoms with Crippen LogP contribution in [0.2, 0.25) is 10.0 Å². The molecule has 0 aliphatic heterocycles. The van der Waals surface area contributed by atoms with E-state index in [4.69, 9.17) is 37.5 Å². The van der Waals surface area contributed by atoms with Gasteiger partial charge in [-0.1, -0.05) is 28.3 Å². The van der Waals surface area contributed by atoms with Crippen LogP contribution in [0.5, 0.6) is 5.88 Å². The largest absolute Gasteiger partial charge is 0.481 e. The molecule has 0 spiro atoms. The number of benzene rings is 1. The van der Waals surface area contributed by atoms with Gasteiger partial charge in [0.2, 0.25) is 5.88 Å². The predicted molar refractivity (Wildman–Crippen MR) is 120 cm³/mol. The molecule has 1 saturated carbocycles. The van der Waals surface area contributed by atoms with Gasteiger partial charge in [-0.05, 0) is 49.9 Å². The Morgan fingerprint density at radius 3 is 2.55 bits per heavy atom. The Hall–Kier alpha value is -3.37. The van der Waals surface area contributed by atoms with Crippen LogP contribution >= 0.6 is 23.2 Å². The van der Waals surface area contributed by atoms with Gasteiger partial charge < -0.3 is 24.9 Å². The van der Waals surface area contributed by atoms with Crippen molar-refractivity contribution >= 4 is 52.5 Å². The van der Waals surface area contributed by atoms with Gasteiger partial charge in [0, 0.05) is 11.1 Å². The van der Waals surface area contributed by atoms with Crippen molar-refractivity contribution < 1.29 is 23.8 Å². The lowest BCUT2D eigenvalue weighted by atomic mass is 9.87. The average Bonchev–Trinajstić information content (AvgIpc) is 3.26. The molecule has 2 heterocycles. The number of aliphatic carboxylic acids is 1. The molecule has 0 radical (unpaired) electrons. The van der Waals surface area contributed by atoms with Crippen LogP contribution < -0.4 is 15.4 Å². The standard InChI is InChI=1S/C21H19Cl2N5O5/c22-12-3-7-16(15(23)9-12)26-21-28-27-19(33-21)18(29)25-13-4-8-17(24-10-13)32-14-5-1-11(2-6-14)20(30)31/h3-4,7-11,14H,1-2,5-6H2,(H,25,29)(H,26,28)(H,30,31). The number of halogens is 2. The number of pyridine rings is 1. The van der Waals surface area contributed by atoms with E-state index >= 15 is 0 Å². The average molecular weight is 492 g/mol. The van der Waals surface area contributed by atoms with E-state index in [9.17, 15) is 9.59 Å². The third-order valence-electron chi connectivity index (χ3n) is 5.10. The zero-order valence-electron chi connectivity index (χ0n) is 17.1. The highest BCUT2D eigenvalue weighted by molar-refractivity contribution is 6.36. The lowest BCUT2D eigenvalue weighted by molar-refractivity contribution is -0.143. The fraction of sp³-hybridized carbons (Fsp3) is 0.286. The van der Waals surface area contributed by atoms with Crippen molar-refractivity contribution in [2.24, 2.45) is 5.92 Å². The van der Waals surface area contributed by atoms with Crippen molar-refractivity contribution in [3.05, 3.63) is 52.5 Å². The van der Waals surface area contributed by atoms with Gasteiger partial charge in [0.05, 0.1) is 28.5 Å². The first-order valence-corrected chi connectivity index (χ1v) is 10.9. The number of nitrogens with one attached hydrogen (secondary N) is 2. The summed E-state index contributed by atoms with van der Waals surface area (Å²) in [7, 11) is 0. The minimum atomic E-state index is -0.760. The Morgan fingerprint density at radius 2 is 1.88 bits per heavy atom. The van der Waals surface area contributed by atoms with Crippen molar-refractivity contribution in [2.75, 3.05) is 10.6 Å². The van der Waals surface area contributed by atoms with E-state index in [0.29, 0.717) is 53.0 Å². The number of anilines is 3. The number of nitrogens with zero attached hydrogens (tertiary/aromatic N) is 3. The SMILES string of the molecule is O=C(Nc1ccc(OC2CCC(C(=O)O)CC2)nc1)c1nnc(Nc2ccc(Cl)cc2Cl)o1. The van der Waals surface area contributed by atoms with Crippen LogP contribution in [0.25, 0.3) is 0 Å². The van der Waals surface area contributed by atoms with Crippen LogP contribution in [-0.4, -0.2) is 38.3 Å². The third-order valence-corrected chi connectivity index (χ3v) is 5.64. The number of hydrogen-bond acceptors (Lipinski definition) is 8. The second-order valence-corrected chi connectivity index (χ2v) is 8.27. The summed E-state index contributed by atoms with van der Waals surface area (Å²) in [6.07, 6.45) is 3.85. The minimum absolute atomic E-state index is 0.0103. The summed E-state index contributed by atoms with van der Waals surface area (Å²) >= 11 is 12.0. The van der Waals surface area contributed by atoms with E-state index in [2.05, 4.69) is 25.8 Å². The number of aromatic nitrogens is 3. The summed E-state index contributed by atoms with van der Waals surface area (Å²) in [6, 6.07) is 8.08. The summed E-state index contributed by atoms with van der Waals surface area (Å²) < 4.78 is 11.2. The Kier molecular flexibility index (Phi) is 6.95. The van der Waals surface area contributed by atoms with Crippen LogP contribution in [0.15, 0.2) is 40.9 Å². The van der Waals surface area contributed by atoms with Crippen molar-refractivity contribution in [1.82, 2.24) is 15.2 Å². The normalized spacial score (nSPS) is 17.9. The lowest BCUT2D eigenvalue weighted by Gasteiger charge is -2.26. The molecule has 1 aromatic carbocycles. The van der Waals surface area contributed by atoms with Gasteiger partial charge in [0.15, 0.2) is 0 Å². The van der Waals surface area contributed by atoms with Crippen LogP contribution in [0.3, 0.4) is 0 Å². The highest BCUT2D eigenvalue weighted by Crippen LogP contribution is 2.29. The van der Waals surface area contributed by atoms with E-state index < -0.39 is 11.9 Å². The second kappa shape index (κ2) is 10.1. The first-order chi connectivity index (χ1) is 15.9. The van der Waals surface area contributed by atoms with E-state index in [1.807, 2.05) is 0 Å². The molecule has 3 aromatic rings. The van der Waals surface area contributed by atoms with Gasteiger partial charge in [-0.3, -0.25) is 9.59 Å². The molecule has 3 N–H and O–H groups in total. The Bertz CT molecular complexity index is 1150. The number of carbonyl (C=O) groups excluding carboxylic acids is 1. The van der Waals surface area contributed by atoms with Gasteiger partial charge in [0.25, 0.3) is 0 Å². The number of carbonyl (C=O) groups is 2. The topological polar surface area (TPSA) is 139 Å². The molecule has 33 heavy (non-hydrogen) atoms. The molecule has 1 aliphatic carbocycles. The van der Waals surface area contributed by atoms with Gasteiger partial charge in [-0.2, -0.15) is 0 Å². The number of carboxylic acid groups (broad SMARTS) is 1.